The number of hydroxylamine groups is 1. The number of hydrogen-bond acceptors (Lipinski definition) is 4. The fourth-order valence-corrected chi connectivity index (χ4v) is 2.41. The van der Waals surface area contributed by atoms with Crippen molar-refractivity contribution < 1.29 is 19.5 Å². The fraction of sp³-hybridized carbons (Fsp3) is 0.611. The molecule has 0 aliphatic carbocycles. The number of carbonyl (C=O) groups is 1. The van der Waals surface area contributed by atoms with Crippen LogP contribution in [0.5, 0.6) is 11.5 Å². The molecule has 0 aromatic heterocycles. The first kappa shape index (κ1) is 19.3. The second kappa shape index (κ2) is 11.8. The Balaban J connectivity index is 2.31. The molecule has 0 fully saturated rings. The van der Waals surface area contributed by atoms with E-state index in [-0.39, 0.29) is 0 Å². The molecule has 0 spiro atoms. The van der Waals surface area contributed by atoms with E-state index in [9.17, 15) is 4.79 Å². The van der Waals surface area contributed by atoms with Crippen molar-refractivity contribution in [3.63, 3.8) is 0 Å². The Morgan fingerprint density at radius 1 is 1.04 bits per heavy atom. The van der Waals surface area contributed by atoms with Gasteiger partial charge in [0.2, 0.25) is 0 Å². The highest BCUT2D eigenvalue weighted by atomic mass is 16.5. The zero-order chi connectivity index (χ0) is 16.9. The lowest BCUT2D eigenvalue weighted by atomic mass is 10.1. The van der Waals surface area contributed by atoms with Crippen LogP contribution in [0.3, 0.4) is 0 Å². The number of amides is 1. The topological polar surface area (TPSA) is 67.8 Å². The molecular formula is C18H29NO4. The molecule has 0 heterocycles. The molecule has 0 saturated heterocycles. The predicted molar refractivity (Wildman–Crippen MR) is 90.4 cm³/mol. The molecule has 5 heteroatoms. The van der Waals surface area contributed by atoms with Gasteiger partial charge >= 0.3 is 0 Å². The third-order valence-electron chi connectivity index (χ3n) is 3.78. The van der Waals surface area contributed by atoms with Gasteiger partial charge in [-0.3, -0.25) is 10.0 Å². The maximum atomic E-state index is 11.4. The summed E-state index contributed by atoms with van der Waals surface area (Å²) in [5.74, 6) is 0.542. The van der Waals surface area contributed by atoms with Crippen molar-refractivity contribution >= 4 is 5.91 Å². The van der Waals surface area contributed by atoms with Crippen LogP contribution in [0.2, 0.25) is 0 Å². The summed E-state index contributed by atoms with van der Waals surface area (Å²) in [5.41, 5.74) is 1.95. The minimum Gasteiger partial charge on any atom is -0.493 e. The number of methoxy groups -OCH3 is 1. The Morgan fingerprint density at radius 3 is 2.30 bits per heavy atom. The fourth-order valence-electron chi connectivity index (χ4n) is 2.41. The first-order valence-electron chi connectivity index (χ1n) is 8.48. The highest BCUT2D eigenvalue weighted by Gasteiger charge is 2.10. The molecule has 2 N–H and O–H groups in total. The van der Waals surface area contributed by atoms with Crippen LogP contribution in [0.25, 0.3) is 0 Å². The third kappa shape index (κ3) is 7.37. The molecule has 0 bridgehead atoms. The van der Waals surface area contributed by atoms with E-state index >= 15 is 0 Å². The lowest BCUT2D eigenvalue weighted by molar-refractivity contribution is 0.0706. The Bertz CT molecular complexity index is 462. The van der Waals surface area contributed by atoms with Gasteiger partial charge in [-0.2, -0.15) is 0 Å². The maximum absolute atomic E-state index is 11.4. The van der Waals surface area contributed by atoms with Gasteiger partial charge in [0.25, 0.3) is 5.91 Å². The van der Waals surface area contributed by atoms with Crippen LogP contribution < -0.4 is 15.0 Å². The zero-order valence-electron chi connectivity index (χ0n) is 14.3. The molecule has 5 nitrogen and oxygen atoms in total. The molecule has 1 rings (SSSR count). The van der Waals surface area contributed by atoms with Gasteiger partial charge in [0, 0.05) is 5.56 Å². The normalized spacial score (nSPS) is 10.4. The lowest BCUT2D eigenvalue weighted by Gasteiger charge is -2.12. The first-order chi connectivity index (χ1) is 11.2. The second-order valence-electron chi connectivity index (χ2n) is 5.63. The molecule has 1 aromatic carbocycles. The molecule has 0 aliphatic heterocycles. The Hall–Kier alpha value is -1.75. The summed E-state index contributed by atoms with van der Waals surface area (Å²) >= 11 is 0. The Kier molecular flexibility index (Phi) is 9.87. The molecule has 0 aliphatic rings. The monoisotopic (exact) mass is 323 g/mol. The first-order valence-corrected chi connectivity index (χ1v) is 8.48. The van der Waals surface area contributed by atoms with Crippen LogP contribution in [0.15, 0.2) is 18.2 Å². The molecule has 0 atom stereocenters. The van der Waals surface area contributed by atoms with Crippen molar-refractivity contribution in [1.82, 2.24) is 5.48 Å². The highest BCUT2D eigenvalue weighted by Crippen LogP contribution is 2.28. The minimum absolute atomic E-state index is 0.333. The van der Waals surface area contributed by atoms with Gasteiger partial charge in [-0.15, -0.1) is 0 Å². The average Bonchev–Trinajstić information content (AvgIpc) is 2.59. The summed E-state index contributed by atoms with van der Waals surface area (Å²) in [6, 6.07) is 4.82. The van der Waals surface area contributed by atoms with Gasteiger partial charge in [-0.25, -0.2) is 5.48 Å². The molecule has 0 saturated carbocycles. The van der Waals surface area contributed by atoms with E-state index in [2.05, 4.69) is 6.92 Å². The van der Waals surface area contributed by atoms with Crippen LogP contribution in [0, 0.1) is 0 Å². The summed E-state index contributed by atoms with van der Waals surface area (Å²) in [6.45, 7) is 2.82. The number of rotatable bonds is 12. The Morgan fingerprint density at radius 2 is 1.70 bits per heavy atom. The molecule has 130 valence electrons. The van der Waals surface area contributed by atoms with Gasteiger partial charge < -0.3 is 9.47 Å². The lowest BCUT2D eigenvalue weighted by Crippen LogP contribution is -2.18. The maximum Gasteiger partial charge on any atom is 0.274 e. The van der Waals surface area contributed by atoms with Crippen molar-refractivity contribution in [1.29, 1.82) is 0 Å². The zero-order valence-corrected chi connectivity index (χ0v) is 14.3. The summed E-state index contributed by atoms with van der Waals surface area (Å²) in [6.07, 6.45) is 9.92. The SMILES string of the molecule is CCCCCCCCCCOc1cc(C(=O)NO)ccc1OC. The van der Waals surface area contributed by atoms with Crippen LogP contribution >= 0.6 is 0 Å². The van der Waals surface area contributed by atoms with E-state index in [0.717, 1.165) is 12.8 Å². The number of benzene rings is 1. The molecule has 23 heavy (non-hydrogen) atoms. The summed E-state index contributed by atoms with van der Waals surface area (Å²) in [4.78, 5) is 11.4. The molecule has 1 aromatic rings. The standard InChI is InChI=1S/C18H29NO4/c1-3-4-5-6-7-8-9-10-13-23-17-14-15(18(20)19-21)11-12-16(17)22-2/h11-12,14,21H,3-10,13H2,1-2H3,(H,19,20). The number of nitrogens with one attached hydrogen (secondary N) is 1. The van der Waals surface area contributed by atoms with Gasteiger partial charge in [-0.1, -0.05) is 51.9 Å². The average molecular weight is 323 g/mol. The highest BCUT2D eigenvalue weighted by molar-refractivity contribution is 5.94. The largest absolute Gasteiger partial charge is 0.493 e. The molecule has 0 radical (unpaired) electrons. The van der Waals surface area contributed by atoms with Crippen molar-refractivity contribution in [2.24, 2.45) is 0 Å². The van der Waals surface area contributed by atoms with E-state index in [1.807, 2.05) is 0 Å². The second-order valence-corrected chi connectivity index (χ2v) is 5.63. The number of unbranched alkanes of at least 4 members (excludes halogenated alkanes) is 7. The predicted octanol–water partition coefficient (Wildman–Crippen LogP) is 4.33. The van der Waals surface area contributed by atoms with Crippen molar-refractivity contribution in [3.8, 4) is 11.5 Å². The van der Waals surface area contributed by atoms with Crippen LogP contribution in [0.4, 0.5) is 0 Å². The van der Waals surface area contributed by atoms with E-state index in [4.69, 9.17) is 14.7 Å². The van der Waals surface area contributed by atoms with Crippen LogP contribution in [-0.2, 0) is 0 Å². The van der Waals surface area contributed by atoms with Gasteiger partial charge in [0.15, 0.2) is 11.5 Å². The number of hydrogen-bond donors (Lipinski definition) is 2. The summed E-state index contributed by atoms with van der Waals surface area (Å²) < 4.78 is 10.9. The van der Waals surface area contributed by atoms with E-state index in [0.29, 0.717) is 23.7 Å². The van der Waals surface area contributed by atoms with E-state index in [1.54, 1.807) is 30.8 Å². The van der Waals surface area contributed by atoms with Crippen molar-refractivity contribution in [2.45, 2.75) is 58.3 Å². The molecule has 1 amide bonds. The smallest absolute Gasteiger partial charge is 0.274 e. The van der Waals surface area contributed by atoms with E-state index in [1.165, 1.54) is 38.5 Å². The van der Waals surface area contributed by atoms with Crippen molar-refractivity contribution in [3.05, 3.63) is 23.8 Å². The van der Waals surface area contributed by atoms with Crippen LogP contribution in [0.1, 0.15) is 68.6 Å². The summed E-state index contributed by atoms with van der Waals surface area (Å²) in [7, 11) is 1.56. The summed E-state index contributed by atoms with van der Waals surface area (Å²) in [5, 5.41) is 8.68. The van der Waals surface area contributed by atoms with Gasteiger partial charge in [0.05, 0.1) is 13.7 Å². The van der Waals surface area contributed by atoms with E-state index < -0.39 is 5.91 Å². The number of carbonyl (C=O) groups excluding carboxylic acids is 1. The minimum atomic E-state index is -0.565. The Labute approximate surface area is 138 Å². The van der Waals surface area contributed by atoms with Gasteiger partial charge in [-0.05, 0) is 24.6 Å². The van der Waals surface area contributed by atoms with Gasteiger partial charge in [0.1, 0.15) is 0 Å². The molecular weight excluding hydrogens is 294 g/mol. The third-order valence-corrected chi connectivity index (χ3v) is 3.78. The van der Waals surface area contributed by atoms with Crippen molar-refractivity contribution in [2.75, 3.05) is 13.7 Å². The van der Waals surface area contributed by atoms with Crippen LogP contribution in [-0.4, -0.2) is 24.8 Å². The quantitative estimate of drug-likeness (QED) is 0.341. The molecule has 0 unspecified atom stereocenters. The number of ether oxygens (including phenoxy) is 2.